The Kier molecular flexibility index (Phi) is 5.86. The van der Waals surface area contributed by atoms with E-state index in [9.17, 15) is 4.79 Å². The zero-order chi connectivity index (χ0) is 14.4. The second-order valence-electron chi connectivity index (χ2n) is 5.53. The van der Waals surface area contributed by atoms with Crippen molar-refractivity contribution >= 4 is 17.5 Å². The van der Waals surface area contributed by atoms with Gasteiger partial charge in [0.25, 0.3) is 0 Å². The summed E-state index contributed by atoms with van der Waals surface area (Å²) in [7, 11) is 0. The molecule has 0 aromatic heterocycles. The maximum Gasteiger partial charge on any atom is 0.220 e. The molecule has 0 radical (unpaired) electrons. The molecule has 3 nitrogen and oxygen atoms in total. The molecule has 1 aromatic carbocycles. The van der Waals surface area contributed by atoms with Gasteiger partial charge in [0.1, 0.15) is 0 Å². The fourth-order valence-electron chi connectivity index (χ4n) is 2.65. The molecule has 1 amide bonds. The Morgan fingerprint density at radius 2 is 2.35 bits per heavy atom. The zero-order valence-electron chi connectivity index (χ0n) is 12.0. The number of amides is 1. The minimum Gasteiger partial charge on any atom is -0.350 e. The molecule has 1 aliphatic heterocycles. The van der Waals surface area contributed by atoms with Crippen LogP contribution in [-0.4, -0.2) is 18.5 Å². The summed E-state index contributed by atoms with van der Waals surface area (Å²) in [6.45, 7) is 3.08. The van der Waals surface area contributed by atoms with Gasteiger partial charge in [0.05, 0.1) is 6.04 Å². The lowest BCUT2D eigenvalue weighted by Crippen LogP contribution is -2.35. The number of halogens is 1. The van der Waals surface area contributed by atoms with Crippen molar-refractivity contribution in [1.29, 1.82) is 0 Å². The molecular formula is C16H23ClN2O. The number of benzene rings is 1. The van der Waals surface area contributed by atoms with Crippen LogP contribution in [0.4, 0.5) is 0 Å². The van der Waals surface area contributed by atoms with Crippen LogP contribution in [-0.2, 0) is 4.79 Å². The average molecular weight is 295 g/mol. The van der Waals surface area contributed by atoms with Gasteiger partial charge in [-0.1, -0.05) is 30.2 Å². The molecule has 1 saturated heterocycles. The molecule has 1 fully saturated rings. The topological polar surface area (TPSA) is 41.1 Å². The molecule has 20 heavy (non-hydrogen) atoms. The fourth-order valence-corrected chi connectivity index (χ4v) is 2.85. The van der Waals surface area contributed by atoms with Gasteiger partial charge in [0.15, 0.2) is 0 Å². The summed E-state index contributed by atoms with van der Waals surface area (Å²) in [5.74, 6) is 0.116. The molecule has 1 heterocycles. The highest BCUT2D eigenvalue weighted by molar-refractivity contribution is 6.30. The number of hydrogen-bond acceptors (Lipinski definition) is 2. The van der Waals surface area contributed by atoms with Gasteiger partial charge in [-0.2, -0.15) is 0 Å². The first-order valence-electron chi connectivity index (χ1n) is 7.43. The summed E-state index contributed by atoms with van der Waals surface area (Å²) in [6.07, 6.45) is 5.24. The number of carbonyl (C=O) groups is 1. The highest BCUT2D eigenvalue weighted by Gasteiger charge is 2.15. The minimum atomic E-state index is 0.000477. The van der Waals surface area contributed by atoms with E-state index in [0.717, 1.165) is 18.5 Å². The van der Waals surface area contributed by atoms with Crippen molar-refractivity contribution in [3.05, 3.63) is 34.9 Å². The van der Waals surface area contributed by atoms with Crippen LogP contribution in [0.2, 0.25) is 5.02 Å². The molecule has 1 aliphatic rings. The van der Waals surface area contributed by atoms with Gasteiger partial charge in [0, 0.05) is 17.5 Å². The molecule has 0 bridgehead atoms. The third-order valence-corrected chi connectivity index (χ3v) is 4.09. The van der Waals surface area contributed by atoms with E-state index in [1.807, 2.05) is 31.2 Å². The van der Waals surface area contributed by atoms with Crippen LogP contribution in [0.15, 0.2) is 24.3 Å². The van der Waals surface area contributed by atoms with Gasteiger partial charge >= 0.3 is 0 Å². The first-order valence-corrected chi connectivity index (χ1v) is 7.81. The number of piperidine rings is 1. The van der Waals surface area contributed by atoms with Crippen LogP contribution in [0.25, 0.3) is 0 Å². The van der Waals surface area contributed by atoms with Crippen LogP contribution < -0.4 is 10.6 Å². The molecule has 2 N–H and O–H groups in total. The lowest BCUT2D eigenvalue weighted by molar-refractivity contribution is -0.122. The van der Waals surface area contributed by atoms with Gasteiger partial charge in [-0.15, -0.1) is 0 Å². The Morgan fingerprint density at radius 3 is 3.05 bits per heavy atom. The number of hydrogen-bond donors (Lipinski definition) is 2. The molecule has 2 atom stereocenters. The molecule has 1 unspecified atom stereocenters. The normalized spacial score (nSPS) is 20.4. The SMILES string of the molecule is C[C@H](NC(=O)CCC1CCCCN1)c1cccc(Cl)c1. The molecule has 110 valence electrons. The Morgan fingerprint density at radius 1 is 1.50 bits per heavy atom. The van der Waals surface area contributed by atoms with Gasteiger partial charge in [0.2, 0.25) is 5.91 Å². The van der Waals surface area contributed by atoms with Crippen molar-refractivity contribution < 1.29 is 4.79 Å². The highest BCUT2D eigenvalue weighted by Crippen LogP contribution is 2.18. The molecule has 0 spiro atoms. The van der Waals surface area contributed by atoms with Crippen LogP contribution in [0.3, 0.4) is 0 Å². The first-order chi connectivity index (χ1) is 9.65. The Labute approximate surface area is 126 Å². The molecule has 2 rings (SSSR count). The van der Waals surface area contributed by atoms with Crippen LogP contribution >= 0.6 is 11.6 Å². The predicted octanol–water partition coefficient (Wildman–Crippen LogP) is 3.44. The zero-order valence-corrected chi connectivity index (χ0v) is 12.7. The monoisotopic (exact) mass is 294 g/mol. The van der Waals surface area contributed by atoms with E-state index >= 15 is 0 Å². The predicted molar refractivity (Wildman–Crippen MR) is 82.9 cm³/mol. The Bertz CT molecular complexity index is 444. The van der Waals surface area contributed by atoms with Crippen LogP contribution in [0.1, 0.15) is 50.6 Å². The van der Waals surface area contributed by atoms with Crippen molar-refractivity contribution in [1.82, 2.24) is 10.6 Å². The second-order valence-corrected chi connectivity index (χ2v) is 5.97. The van der Waals surface area contributed by atoms with E-state index in [0.29, 0.717) is 17.5 Å². The van der Waals surface area contributed by atoms with Crippen molar-refractivity contribution in [3.63, 3.8) is 0 Å². The molecule has 1 aromatic rings. The van der Waals surface area contributed by atoms with E-state index in [-0.39, 0.29) is 11.9 Å². The van der Waals surface area contributed by atoms with Gasteiger partial charge in [-0.05, 0) is 50.4 Å². The summed E-state index contributed by atoms with van der Waals surface area (Å²) in [5, 5.41) is 7.21. The highest BCUT2D eigenvalue weighted by atomic mass is 35.5. The number of nitrogens with one attached hydrogen (secondary N) is 2. The third-order valence-electron chi connectivity index (χ3n) is 3.86. The summed E-state index contributed by atoms with van der Waals surface area (Å²) in [6, 6.07) is 8.14. The van der Waals surface area contributed by atoms with E-state index in [1.54, 1.807) is 0 Å². The summed E-state index contributed by atoms with van der Waals surface area (Å²) < 4.78 is 0. The van der Waals surface area contributed by atoms with Crippen molar-refractivity contribution in [2.24, 2.45) is 0 Å². The van der Waals surface area contributed by atoms with Crippen molar-refractivity contribution in [3.8, 4) is 0 Å². The number of rotatable bonds is 5. The molecule has 0 aliphatic carbocycles. The Hall–Kier alpha value is -1.06. The van der Waals surface area contributed by atoms with Gasteiger partial charge in [-0.25, -0.2) is 0 Å². The van der Waals surface area contributed by atoms with E-state index in [2.05, 4.69) is 10.6 Å². The quantitative estimate of drug-likeness (QED) is 0.873. The maximum atomic E-state index is 12.0. The number of carbonyl (C=O) groups excluding carboxylic acids is 1. The summed E-state index contributed by atoms with van der Waals surface area (Å²) >= 11 is 5.97. The molecule has 0 saturated carbocycles. The second kappa shape index (κ2) is 7.65. The average Bonchev–Trinajstić information content (AvgIpc) is 2.46. The van der Waals surface area contributed by atoms with E-state index in [1.165, 1.54) is 19.3 Å². The van der Waals surface area contributed by atoms with Crippen LogP contribution in [0.5, 0.6) is 0 Å². The molecular weight excluding hydrogens is 272 g/mol. The van der Waals surface area contributed by atoms with E-state index < -0.39 is 0 Å². The minimum absolute atomic E-state index is 0.000477. The van der Waals surface area contributed by atoms with Crippen molar-refractivity contribution in [2.75, 3.05) is 6.54 Å². The fraction of sp³-hybridized carbons (Fsp3) is 0.562. The standard InChI is InChI=1S/C16H23ClN2O/c1-12(13-5-4-6-14(17)11-13)19-16(20)9-8-15-7-2-3-10-18-15/h4-6,11-12,15,18H,2-3,7-10H2,1H3,(H,19,20)/t12-,15?/m0/s1. The van der Waals surface area contributed by atoms with Crippen molar-refractivity contribution in [2.45, 2.75) is 51.1 Å². The first kappa shape index (κ1) is 15.3. The summed E-state index contributed by atoms with van der Waals surface area (Å²) in [4.78, 5) is 12.0. The smallest absolute Gasteiger partial charge is 0.220 e. The Balaban J connectivity index is 1.76. The largest absolute Gasteiger partial charge is 0.350 e. The molecule has 4 heteroatoms. The van der Waals surface area contributed by atoms with Gasteiger partial charge in [-0.3, -0.25) is 4.79 Å². The maximum absolute atomic E-state index is 12.0. The summed E-state index contributed by atoms with van der Waals surface area (Å²) in [5.41, 5.74) is 1.04. The van der Waals surface area contributed by atoms with Crippen LogP contribution in [0, 0.1) is 0 Å². The van der Waals surface area contributed by atoms with Gasteiger partial charge < -0.3 is 10.6 Å². The van der Waals surface area contributed by atoms with E-state index in [4.69, 9.17) is 11.6 Å². The third kappa shape index (κ3) is 4.80. The lowest BCUT2D eigenvalue weighted by atomic mass is 10.0. The lowest BCUT2D eigenvalue weighted by Gasteiger charge is -2.23.